The van der Waals surface area contributed by atoms with E-state index >= 15 is 0 Å². The Kier molecular flexibility index (Phi) is 3.95. The van der Waals surface area contributed by atoms with E-state index in [0.717, 1.165) is 54.3 Å². The molecule has 0 bridgehead atoms. The van der Waals surface area contributed by atoms with Gasteiger partial charge in [0, 0.05) is 17.5 Å². The summed E-state index contributed by atoms with van der Waals surface area (Å²) in [7, 11) is 0. The summed E-state index contributed by atoms with van der Waals surface area (Å²) in [5.41, 5.74) is 1.99. The highest BCUT2D eigenvalue weighted by molar-refractivity contribution is 6.04. The number of fused-ring (bicyclic) bond motifs is 1. The van der Waals surface area contributed by atoms with Crippen LogP contribution in [0.25, 0.3) is 11.3 Å². The molecule has 6 nitrogen and oxygen atoms in total. The Morgan fingerprint density at radius 2 is 1.88 bits per heavy atom. The van der Waals surface area contributed by atoms with Crippen molar-refractivity contribution in [3.05, 3.63) is 59.1 Å². The van der Waals surface area contributed by atoms with E-state index < -0.39 is 23.1 Å². The zero-order chi connectivity index (χ0) is 18.3. The van der Waals surface area contributed by atoms with Crippen molar-refractivity contribution >= 4 is 11.7 Å². The highest BCUT2D eigenvalue weighted by atomic mass is 19.1. The second-order valence-corrected chi connectivity index (χ2v) is 6.01. The van der Waals surface area contributed by atoms with Crippen LogP contribution in [-0.2, 0) is 12.8 Å². The van der Waals surface area contributed by atoms with E-state index in [1.54, 1.807) is 0 Å². The summed E-state index contributed by atoms with van der Waals surface area (Å²) in [6.07, 6.45) is 7.29. The molecule has 26 heavy (non-hydrogen) atoms. The smallest absolute Gasteiger partial charge is 0.262 e. The number of aromatic nitrogens is 3. The lowest BCUT2D eigenvalue weighted by atomic mass is 10.1. The van der Waals surface area contributed by atoms with Crippen LogP contribution in [0, 0.1) is 18.6 Å². The van der Waals surface area contributed by atoms with Gasteiger partial charge in [-0.15, -0.1) is 0 Å². The fraction of sp³-hybridized carbons (Fsp3) is 0.222. The van der Waals surface area contributed by atoms with Crippen LogP contribution in [0.1, 0.15) is 33.9 Å². The average molecular weight is 356 g/mol. The summed E-state index contributed by atoms with van der Waals surface area (Å²) in [5.74, 6) is -1.19. The number of rotatable bonds is 3. The maximum absolute atomic E-state index is 13.6. The van der Waals surface area contributed by atoms with Crippen LogP contribution in [0.4, 0.5) is 14.6 Å². The number of hydrogen-bond donors (Lipinski definition) is 1. The van der Waals surface area contributed by atoms with Crippen molar-refractivity contribution in [1.29, 1.82) is 0 Å². The molecule has 1 aliphatic carbocycles. The normalized spacial score (nSPS) is 12.9. The maximum Gasteiger partial charge on any atom is 0.262 e. The van der Waals surface area contributed by atoms with Crippen molar-refractivity contribution in [2.45, 2.75) is 26.2 Å². The first-order valence-electron chi connectivity index (χ1n) is 8.08. The van der Waals surface area contributed by atoms with Crippen molar-refractivity contribution in [2.75, 3.05) is 5.32 Å². The van der Waals surface area contributed by atoms with Gasteiger partial charge in [-0.1, -0.05) is 0 Å². The summed E-state index contributed by atoms with van der Waals surface area (Å²) in [6, 6.07) is 0. The number of amides is 1. The zero-order valence-electron chi connectivity index (χ0n) is 13.8. The van der Waals surface area contributed by atoms with Crippen molar-refractivity contribution in [3.63, 3.8) is 0 Å². The SMILES string of the molecule is Cc1oc2c(c1-c1cnc(NC(=O)c3c(F)cncc3F)cn1)CCC2. The van der Waals surface area contributed by atoms with Gasteiger partial charge in [-0.2, -0.15) is 0 Å². The number of carbonyl (C=O) groups excluding carboxylic acids is 1. The molecule has 3 heterocycles. The summed E-state index contributed by atoms with van der Waals surface area (Å²) in [4.78, 5) is 23.9. The Bertz CT molecular complexity index is 979. The van der Waals surface area contributed by atoms with Crippen LogP contribution in [0.15, 0.2) is 29.2 Å². The van der Waals surface area contributed by atoms with Gasteiger partial charge in [-0.25, -0.2) is 13.8 Å². The monoisotopic (exact) mass is 356 g/mol. The molecule has 0 fully saturated rings. The maximum atomic E-state index is 13.6. The third-order valence-corrected chi connectivity index (χ3v) is 4.33. The van der Waals surface area contributed by atoms with E-state index in [-0.39, 0.29) is 5.82 Å². The molecule has 1 aliphatic rings. The molecule has 0 saturated carbocycles. The predicted molar refractivity (Wildman–Crippen MR) is 88.6 cm³/mol. The number of hydrogen-bond acceptors (Lipinski definition) is 5. The number of anilines is 1. The lowest BCUT2D eigenvalue weighted by Gasteiger charge is -2.07. The minimum atomic E-state index is -1.04. The lowest BCUT2D eigenvalue weighted by Crippen LogP contribution is -2.17. The molecule has 0 atom stereocenters. The molecule has 0 spiro atoms. The number of nitrogens with one attached hydrogen (secondary N) is 1. The van der Waals surface area contributed by atoms with E-state index in [1.807, 2.05) is 6.92 Å². The average Bonchev–Trinajstić information content (AvgIpc) is 3.15. The summed E-state index contributed by atoms with van der Waals surface area (Å²) < 4.78 is 33.0. The largest absolute Gasteiger partial charge is 0.465 e. The quantitative estimate of drug-likeness (QED) is 0.777. The molecule has 8 heteroatoms. The number of nitrogens with zero attached hydrogens (tertiary/aromatic N) is 3. The molecular weight excluding hydrogens is 342 g/mol. The molecule has 3 aromatic heterocycles. The van der Waals surface area contributed by atoms with E-state index in [4.69, 9.17) is 4.42 Å². The zero-order valence-corrected chi connectivity index (χ0v) is 13.8. The highest BCUT2D eigenvalue weighted by Crippen LogP contribution is 2.36. The second kappa shape index (κ2) is 6.29. The first-order valence-corrected chi connectivity index (χ1v) is 8.08. The molecule has 132 valence electrons. The van der Waals surface area contributed by atoms with E-state index in [2.05, 4.69) is 20.3 Å². The summed E-state index contributed by atoms with van der Waals surface area (Å²) in [6.45, 7) is 1.88. The van der Waals surface area contributed by atoms with Gasteiger partial charge >= 0.3 is 0 Å². The Morgan fingerprint density at radius 3 is 2.58 bits per heavy atom. The molecule has 3 aromatic rings. The summed E-state index contributed by atoms with van der Waals surface area (Å²) >= 11 is 0. The topological polar surface area (TPSA) is 80.9 Å². The standard InChI is InChI=1S/C18H14F2N4O2/c1-9-16(10-3-2-4-14(10)26-9)13-7-23-15(8-22-13)24-18(25)17-11(19)5-21-6-12(17)20/h5-8H,2-4H2,1H3,(H,23,24,25). The van der Waals surface area contributed by atoms with Crippen molar-refractivity contribution in [2.24, 2.45) is 0 Å². The van der Waals surface area contributed by atoms with Crippen LogP contribution >= 0.6 is 0 Å². The van der Waals surface area contributed by atoms with Crippen molar-refractivity contribution in [1.82, 2.24) is 15.0 Å². The van der Waals surface area contributed by atoms with E-state index in [0.29, 0.717) is 5.69 Å². The molecule has 0 radical (unpaired) electrons. The molecule has 0 saturated heterocycles. The van der Waals surface area contributed by atoms with Gasteiger partial charge in [0.1, 0.15) is 17.1 Å². The first kappa shape index (κ1) is 16.3. The number of pyridine rings is 1. The van der Waals surface area contributed by atoms with Gasteiger partial charge < -0.3 is 9.73 Å². The number of halogens is 2. The summed E-state index contributed by atoms with van der Waals surface area (Å²) in [5, 5.41) is 2.34. The van der Waals surface area contributed by atoms with Crippen LogP contribution in [-0.4, -0.2) is 20.9 Å². The van der Waals surface area contributed by atoms with Gasteiger partial charge in [0.15, 0.2) is 17.5 Å². The Labute approximate surface area is 147 Å². The molecule has 4 rings (SSSR count). The molecule has 1 N–H and O–H groups in total. The van der Waals surface area contributed by atoms with Gasteiger partial charge in [-0.05, 0) is 19.8 Å². The third-order valence-electron chi connectivity index (χ3n) is 4.33. The highest BCUT2D eigenvalue weighted by Gasteiger charge is 2.24. The van der Waals surface area contributed by atoms with Crippen LogP contribution in [0.5, 0.6) is 0 Å². The van der Waals surface area contributed by atoms with Crippen molar-refractivity contribution < 1.29 is 18.0 Å². The second-order valence-electron chi connectivity index (χ2n) is 6.01. The van der Waals surface area contributed by atoms with Gasteiger partial charge in [-0.3, -0.25) is 14.8 Å². The minimum Gasteiger partial charge on any atom is -0.465 e. The number of aryl methyl sites for hydroxylation is 2. The van der Waals surface area contributed by atoms with Crippen LogP contribution in [0.3, 0.4) is 0 Å². The van der Waals surface area contributed by atoms with Crippen LogP contribution in [0.2, 0.25) is 0 Å². The van der Waals surface area contributed by atoms with Crippen LogP contribution < -0.4 is 5.32 Å². The minimum absolute atomic E-state index is 0.0900. The van der Waals surface area contributed by atoms with E-state index in [9.17, 15) is 13.6 Å². The lowest BCUT2D eigenvalue weighted by molar-refractivity contribution is 0.101. The van der Waals surface area contributed by atoms with E-state index in [1.165, 1.54) is 12.4 Å². The fourth-order valence-corrected chi connectivity index (χ4v) is 3.21. The Balaban J connectivity index is 1.58. The Morgan fingerprint density at radius 1 is 1.12 bits per heavy atom. The number of furan rings is 1. The van der Waals surface area contributed by atoms with Gasteiger partial charge in [0.2, 0.25) is 0 Å². The molecule has 1 amide bonds. The molecule has 0 aromatic carbocycles. The first-order chi connectivity index (χ1) is 12.5. The molecular formula is C18H14F2N4O2. The fourth-order valence-electron chi connectivity index (χ4n) is 3.21. The Hall–Kier alpha value is -3.16. The van der Waals surface area contributed by atoms with Gasteiger partial charge in [0.25, 0.3) is 5.91 Å². The predicted octanol–water partition coefficient (Wildman–Crippen LogP) is 3.46. The van der Waals surface area contributed by atoms with Crippen molar-refractivity contribution in [3.8, 4) is 11.3 Å². The van der Waals surface area contributed by atoms with Gasteiger partial charge in [0.05, 0.1) is 30.5 Å². The molecule has 0 unspecified atom stereocenters. The number of carbonyl (C=O) groups is 1. The molecule has 0 aliphatic heterocycles. The third kappa shape index (κ3) is 2.73.